The first-order valence-electron chi connectivity index (χ1n) is 21.6. The molecule has 0 bridgehead atoms. The van der Waals surface area contributed by atoms with E-state index < -0.39 is 47.3 Å². The van der Waals surface area contributed by atoms with E-state index in [-0.39, 0.29) is 47.5 Å². The number of methoxy groups -OCH3 is 2. The smallest absolute Gasteiger partial charge is 0.339 e. The lowest BCUT2D eigenvalue weighted by Crippen LogP contribution is -2.37. The zero-order valence-corrected chi connectivity index (χ0v) is 39.3. The maximum atomic E-state index is 13.5. The summed E-state index contributed by atoms with van der Waals surface area (Å²) in [5.74, 6) is -4.89. The molecular formula is C52H42F2N6O8S2. The predicted octanol–water partition coefficient (Wildman–Crippen LogP) is 8.31. The number of benzene rings is 4. The number of nitrogens with two attached hydrogens (primary N) is 2. The normalized spacial score (nSPS) is 16.6. The number of nitriles is 2. The molecule has 4 aromatic carbocycles. The van der Waals surface area contributed by atoms with Crippen LogP contribution in [0.2, 0.25) is 0 Å². The molecule has 354 valence electrons. The van der Waals surface area contributed by atoms with Crippen LogP contribution in [0.5, 0.6) is 0 Å². The Labute approximate surface area is 407 Å². The Bertz CT molecular complexity index is 3320. The second-order valence-corrected chi connectivity index (χ2v) is 18.0. The van der Waals surface area contributed by atoms with Gasteiger partial charge in [0.2, 0.25) is 0 Å². The van der Waals surface area contributed by atoms with Crippen LogP contribution < -0.4 is 22.1 Å². The molecular weight excluding hydrogens is 939 g/mol. The minimum absolute atomic E-state index is 0.0510. The lowest BCUT2D eigenvalue weighted by molar-refractivity contribution is -0.142. The second-order valence-electron chi connectivity index (χ2n) is 16.3. The average molecular weight is 981 g/mol. The summed E-state index contributed by atoms with van der Waals surface area (Å²) in [6.45, 7) is 1.46. The summed E-state index contributed by atoms with van der Waals surface area (Å²) in [6, 6.07) is 26.2. The molecule has 0 saturated heterocycles. The fourth-order valence-corrected chi connectivity index (χ4v) is 10.6. The lowest BCUT2D eigenvalue weighted by atomic mass is 9.80. The molecule has 0 spiro atoms. The first-order chi connectivity index (χ1) is 33.8. The Hall–Kier alpha value is -8.32. The molecule has 6 N–H and O–H groups in total. The molecule has 14 nitrogen and oxygen atoms in total. The van der Waals surface area contributed by atoms with Crippen LogP contribution in [0.3, 0.4) is 0 Å². The highest BCUT2D eigenvalue weighted by Crippen LogP contribution is 2.49. The summed E-state index contributed by atoms with van der Waals surface area (Å²) in [5.41, 5.74) is 17.9. The molecule has 1 fully saturated rings. The minimum atomic E-state index is -0.878. The highest BCUT2D eigenvalue weighted by molar-refractivity contribution is 7.18. The number of halogens is 2. The number of hydrogen-bond donors (Lipinski definition) is 4. The van der Waals surface area contributed by atoms with E-state index in [0.717, 1.165) is 33.0 Å². The number of nitrogens with one attached hydrogen (secondary N) is 2. The van der Waals surface area contributed by atoms with E-state index in [9.17, 15) is 38.5 Å². The van der Waals surface area contributed by atoms with E-state index >= 15 is 0 Å². The standard InChI is InChI=1S/C27H22FN3O4S.C25H20FN3O4S/c1-34-26(32)21-20(19-13-36-24-16(11-29)3-2-4-18(19)24)22(25(30)31-23(21)15-7-8-15)27(33)35-12-14-5-9-17(28)10-6-14;1-13-19(24(30)32-2)20(18-12-34-22-15(10-27)4-3-5-17(18)22)21(23(28)29-13)25(31)33-11-14-6-8-16(26)9-7-14/h2-6,9-10,13,15,20,31H,7-8,12,30H2,1H3;3-9,12,20,29H,11,28H2,1-2H3. The number of carbonyl (C=O) groups is 4. The van der Waals surface area contributed by atoms with Gasteiger partial charge in [-0.3, -0.25) is 0 Å². The van der Waals surface area contributed by atoms with Gasteiger partial charge >= 0.3 is 23.9 Å². The van der Waals surface area contributed by atoms with Gasteiger partial charge in [0, 0.05) is 11.4 Å². The van der Waals surface area contributed by atoms with Crippen molar-refractivity contribution in [2.45, 2.75) is 44.8 Å². The maximum Gasteiger partial charge on any atom is 0.339 e. The van der Waals surface area contributed by atoms with Crippen LogP contribution in [0.25, 0.3) is 20.2 Å². The summed E-state index contributed by atoms with van der Waals surface area (Å²) < 4.78 is 49.2. The fraction of sp³-hybridized carbons (Fsp3) is 0.192. The number of fused-ring (bicyclic) bond motifs is 2. The van der Waals surface area contributed by atoms with Crippen molar-refractivity contribution in [2.24, 2.45) is 17.4 Å². The SMILES string of the molecule is COC(=O)C1=C(C)NC(N)=C(C(=O)OCc2ccc(F)cc2)C1c1csc2c(C#N)cccc12.COC(=O)C1=C(C2CC2)NC(N)=C(C(=O)OCc2ccc(F)cc2)C1c1csc2c(C#N)cccc12. The van der Waals surface area contributed by atoms with Crippen molar-refractivity contribution >= 4 is 66.7 Å². The van der Waals surface area contributed by atoms with Gasteiger partial charge in [-0.1, -0.05) is 48.5 Å². The largest absolute Gasteiger partial charge is 0.466 e. The zero-order chi connectivity index (χ0) is 49.8. The molecule has 9 rings (SSSR count). The van der Waals surface area contributed by atoms with Crippen molar-refractivity contribution in [2.75, 3.05) is 14.2 Å². The number of rotatable bonds is 11. The summed E-state index contributed by atoms with van der Waals surface area (Å²) in [7, 11) is 2.55. The average Bonchev–Trinajstić information content (AvgIpc) is 3.98. The lowest BCUT2D eigenvalue weighted by Gasteiger charge is -2.31. The van der Waals surface area contributed by atoms with Gasteiger partial charge in [0.15, 0.2) is 0 Å². The highest BCUT2D eigenvalue weighted by atomic mass is 32.1. The summed E-state index contributed by atoms with van der Waals surface area (Å²) in [4.78, 5) is 52.7. The van der Waals surface area contributed by atoms with Crippen molar-refractivity contribution in [1.29, 1.82) is 10.5 Å². The molecule has 2 aliphatic heterocycles. The van der Waals surface area contributed by atoms with Gasteiger partial charge in [0.05, 0.1) is 68.9 Å². The predicted molar refractivity (Wildman–Crippen MR) is 256 cm³/mol. The Morgan fingerprint density at radius 2 is 1.06 bits per heavy atom. The number of carbonyl (C=O) groups excluding carboxylic acids is 4. The number of thiophene rings is 2. The number of allylic oxidation sites excluding steroid dienone is 2. The Morgan fingerprint density at radius 1 is 0.629 bits per heavy atom. The molecule has 70 heavy (non-hydrogen) atoms. The van der Waals surface area contributed by atoms with Gasteiger partial charge < -0.3 is 41.0 Å². The molecule has 1 aliphatic carbocycles. The van der Waals surface area contributed by atoms with Gasteiger partial charge in [-0.25, -0.2) is 28.0 Å². The summed E-state index contributed by atoms with van der Waals surface area (Å²) in [5, 5.41) is 30.1. The molecule has 6 aromatic rings. The number of ether oxygens (including phenoxy) is 4. The third-order valence-corrected chi connectivity index (χ3v) is 14.0. The van der Waals surface area contributed by atoms with E-state index in [1.165, 1.54) is 85.4 Å². The van der Waals surface area contributed by atoms with Gasteiger partial charge in [-0.2, -0.15) is 10.5 Å². The van der Waals surface area contributed by atoms with Crippen LogP contribution >= 0.6 is 22.7 Å². The molecule has 2 aromatic heterocycles. The molecule has 2 unspecified atom stereocenters. The first-order valence-corrected chi connectivity index (χ1v) is 23.3. The van der Waals surface area contributed by atoms with Crippen LogP contribution in [0.4, 0.5) is 8.78 Å². The first kappa shape index (κ1) is 48.1. The van der Waals surface area contributed by atoms with Gasteiger partial charge in [0.1, 0.15) is 48.6 Å². The third kappa shape index (κ3) is 9.55. The third-order valence-electron chi connectivity index (χ3n) is 11.9. The zero-order valence-electron chi connectivity index (χ0n) is 37.7. The quantitative estimate of drug-likeness (QED) is 0.0707. The number of nitrogens with zero attached hydrogens (tertiary/aromatic N) is 2. The molecule has 3 aliphatic rings. The van der Waals surface area contributed by atoms with Crippen molar-refractivity contribution in [1.82, 2.24) is 10.6 Å². The van der Waals surface area contributed by atoms with Crippen LogP contribution in [0, 0.1) is 40.2 Å². The minimum Gasteiger partial charge on any atom is -0.466 e. The van der Waals surface area contributed by atoms with Crippen LogP contribution in [0.15, 0.2) is 141 Å². The Morgan fingerprint density at radius 3 is 1.49 bits per heavy atom. The second kappa shape index (κ2) is 20.5. The number of dihydropyridines is 2. The number of hydrogen-bond acceptors (Lipinski definition) is 16. The van der Waals surface area contributed by atoms with Crippen molar-refractivity contribution in [3.8, 4) is 12.1 Å². The van der Waals surface area contributed by atoms with Gasteiger partial charge in [0.25, 0.3) is 0 Å². The number of esters is 4. The van der Waals surface area contributed by atoms with E-state index in [1.807, 2.05) is 17.5 Å². The molecule has 0 amide bonds. The molecule has 4 heterocycles. The molecule has 1 saturated carbocycles. The Balaban J connectivity index is 0.000000189. The van der Waals surface area contributed by atoms with Crippen molar-refractivity contribution < 1.29 is 46.9 Å². The van der Waals surface area contributed by atoms with E-state index in [1.54, 1.807) is 36.6 Å². The van der Waals surface area contributed by atoms with E-state index in [2.05, 4.69) is 22.8 Å². The summed E-state index contributed by atoms with van der Waals surface area (Å²) in [6.07, 6.45) is 1.77. The van der Waals surface area contributed by atoms with Crippen molar-refractivity contribution in [3.05, 3.63) is 186 Å². The van der Waals surface area contributed by atoms with Crippen LogP contribution in [-0.2, 0) is 51.3 Å². The molecule has 2 atom stereocenters. The van der Waals surface area contributed by atoms with Gasteiger partial charge in [-0.15, -0.1) is 22.7 Å². The Kier molecular flexibility index (Phi) is 14.1. The van der Waals surface area contributed by atoms with E-state index in [4.69, 9.17) is 30.4 Å². The molecule has 0 radical (unpaired) electrons. The monoisotopic (exact) mass is 980 g/mol. The van der Waals surface area contributed by atoms with E-state index in [0.29, 0.717) is 50.3 Å². The highest BCUT2D eigenvalue weighted by Gasteiger charge is 2.44. The fourth-order valence-electron chi connectivity index (χ4n) is 8.47. The topological polar surface area (TPSA) is 229 Å². The van der Waals surface area contributed by atoms with Crippen molar-refractivity contribution in [3.63, 3.8) is 0 Å². The van der Waals surface area contributed by atoms with Crippen LogP contribution in [-0.4, -0.2) is 38.1 Å². The van der Waals surface area contributed by atoms with Crippen LogP contribution in [0.1, 0.15) is 65.0 Å². The molecule has 18 heteroatoms. The summed E-state index contributed by atoms with van der Waals surface area (Å²) >= 11 is 2.70. The maximum absolute atomic E-state index is 13.5. The van der Waals surface area contributed by atoms with Gasteiger partial charge in [-0.05, 0) is 106 Å².